The molecule has 2 fully saturated rings. The molecule has 206 valence electrons. The van der Waals surface area contributed by atoms with E-state index in [-0.39, 0.29) is 36.3 Å². The fraction of sp³-hybridized carbons (Fsp3) is 0.353. The molecule has 4 aromatic rings. The van der Waals surface area contributed by atoms with Crippen LogP contribution in [0, 0.1) is 5.92 Å². The molecular formula is C34H37N3O3. The third-order valence-corrected chi connectivity index (χ3v) is 8.31. The van der Waals surface area contributed by atoms with E-state index in [1.165, 1.54) is 16.7 Å². The monoisotopic (exact) mass is 535 g/mol. The van der Waals surface area contributed by atoms with Gasteiger partial charge in [0.25, 0.3) is 0 Å². The molecular weight excluding hydrogens is 498 g/mol. The summed E-state index contributed by atoms with van der Waals surface area (Å²) in [5, 5.41) is 4.59. The SMILES string of the molecule is CCOC(=O)Cn1cc(CN(C(=O)[C@H]2CNCC[C@@H]2c2cccc(-c3ccccc3)c2)C2CC2)c2ccccc21. The van der Waals surface area contributed by atoms with Gasteiger partial charge in [0.05, 0.1) is 12.5 Å². The number of benzene rings is 3. The van der Waals surface area contributed by atoms with Gasteiger partial charge in [0, 0.05) is 36.2 Å². The van der Waals surface area contributed by atoms with Crippen LogP contribution in [-0.2, 0) is 27.4 Å². The van der Waals surface area contributed by atoms with E-state index in [1.807, 2.05) is 42.0 Å². The molecule has 1 amide bonds. The third-order valence-electron chi connectivity index (χ3n) is 8.31. The van der Waals surface area contributed by atoms with Gasteiger partial charge in [-0.25, -0.2) is 0 Å². The van der Waals surface area contributed by atoms with Crippen molar-refractivity contribution in [2.75, 3.05) is 19.7 Å². The Hall–Kier alpha value is -3.90. The van der Waals surface area contributed by atoms with E-state index in [2.05, 4.69) is 64.8 Å². The molecule has 6 heteroatoms. The van der Waals surface area contributed by atoms with Gasteiger partial charge in [-0.1, -0.05) is 72.8 Å². The van der Waals surface area contributed by atoms with Gasteiger partial charge >= 0.3 is 5.97 Å². The van der Waals surface area contributed by atoms with Crippen molar-refractivity contribution in [1.82, 2.24) is 14.8 Å². The molecule has 1 aromatic heterocycles. The first-order chi connectivity index (χ1) is 19.6. The number of carbonyl (C=O) groups excluding carboxylic acids is 2. The van der Waals surface area contributed by atoms with Crippen LogP contribution < -0.4 is 5.32 Å². The molecule has 0 spiro atoms. The van der Waals surface area contributed by atoms with Gasteiger partial charge in [-0.3, -0.25) is 9.59 Å². The maximum atomic E-state index is 14.3. The Morgan fingerprint density at radius 2 is 1.73 bits per heavy atom. The molecule has 2 atom stereocenters. The molecule has 6 rings (SSSR count). The summed E-state index contributed by atoms with van der Waals surface area (Å²) in [7, 11) is 0. The van der Waals surface area contributed by atoms with Crippen LogP contribution in [0.25, 0.3) is 22.0 Å². The molecule has 1 N–H and O–H groups in total. The predicted molar refractivity (Wildman–Crippen MR) is 158 cm³/mol. The number of rotatable bonds is 9. The van der Waals surface area contributed by atoms with E-state index < -0.39 is 0 Å². The molecule has 1 saturated carbocycles. The average molecular weight is 536 g/mol. The number of hydrogen-bond acceptors (Lipinski definition) is 4. The number of carbonyl (C=O) groups is 2. The molecule has 1 saturated heterocycles. The number of hydrogen-bond donors (Lipinski definition) is 1. The predicted octanol–water partition coefficient (Wildman–Crippen LogP) is 5.76. The largest absolute Gasteiger partial charge is 0.465 e. The van der Waals surface area contributed by atoms with Crippen molar-refractivity contribution in [2.45, 2.75) is 51.2 Å². The zero-order valence-corrected chi connectivity index (χ0v) is 23.1. The normalized spacial score (nSPS) is 18.9. The van der Waals surface area contributed by atoms with Crippen LogP contribution in [0.2, 0.25) is 0 Å². The minimum atomic E-state index is -0.251. The first kappa shape index (κ1) is 26.3. The number of fused-ring (bicyclic) bond motifs is 1. The summed E-state index contributed by atoms with van der Waals surface area (Å²) < 4.78 is 7.17. The summed E-state index contributed by atoms with van der Waals surface area (Å²) in [6.45, 7) is 4.49. The van der Waals surface area contributed by atoms with Crippen molar-refractivity contribution in [3.8, 4) is 11.1 Å². The molecule has 1 aliphatic carbocycles. The van der Waals surface area contributed by atoms with Crippen LogP contribution in [0.3, 0.4) is 0 Å². The van der Waals surface area contributed by atoms with E-state index in [0.717, 1.165) is 42.3 Å². The second-order valence-electron chi connectivity index (χ2n) is 11.0. The van der Waals surface area contributed by atoms with Crippen molar-refractivity contribution in [1.29, 1.82) is 0 Å². The minimum absolute atomic E-state index is 0.117. The van der Waals surface area contributed by atoms with Crippen LogP contribution in [0.5, 0.6) is 0 Å². The molecule has 6 nitrogen and oxygen atoms in total. The zero-order valence-electron chi connectivity index (χ0n) is 23.1. The van der Waals surface area contributed by atoms with Crippen molar-refractivity contribution in [2.24, 2.45) is 5.92 Å². The maximum Gasteiger partial charge on any atom is 0.325 e. The van der Waals surface area contributed by atoms with Gasteiger partial charge in [-0.2, -0.15) is 0 Å². The first-order valence-corrected chi connectivity index (χ1v) is 14.5. The van der Waals surface area contributed by atoms with Gasteiger partial charge in [-0.05, 0) is 67.0 Å². The number of piperidine rings is 1. The van der Waals surface area contributed by atoms with E-state index in [4.69, 9.17) is 4.74 Å². The Bertz CT molecular complexity index is 1490. The van der Waals surface area contributed by atoms with Crippen LogP contribution in [0.15, 0.2) is 85.1 Å². The van der Waals surface area contributed by atoms with Crippen LogP contribution in [0.1, 0.15) is 43.2 Å². The van der Waals surface area contributed by atoms with Crippen molar-refractivity contribution < 1.29 is 14.3 Å². The standard InChI is InChI=1S/C34H37N3O3/c1-2-40-33(38)23-36-21-27(30-13-6-7-14-32(30)36)22-37(28-15-16-28)34(39)31-20-35-18-17-29(31)26-12-8-11-25(19-26)24-9-4-3-5-10-24/h3-14,19,21,28-29,31,35H,2,15-18,20,22-23H2,1H3/t29-,31+/m1/s1. The molecule has 40 heavy (non-hydrogen) atoms. The van der Waals surface area contributed by atoms with E-state index in [9.17, 15) is 9.59 Å². The van der Waals surface area contributed by atoms with Gasteiger partial charge in [0.2, 0.25) is 5.91 Å². The zero-order chi connectivity index (χ0) is 27.5. The fourth-order valence-corrected chi connectivity index (χ4v) is 6.19. The highest BCUT2D eigenvalue weighted by atomic mass is 16.5. The number of esters is 1. The molecule has 2 heterocycles. The molecule has 0 unspecified atom stereocenters. The smallest absolute Gasteiger partial charge is 0.325 e. The highest BCUT2D eigenvalue weighted by Gasteiger charge is 2.40. The van der Waals surface area contributed by atoms with Gasteiger partial charge in [0.15, 0.2) is 0 Å². The van der Waals surface area contributed by atoms with Crippen molar-refractivity contribution in [3.05, 3.63) is 96.2 Å². The summed E-state index contributed by atoms with van der Waals surface area (Å²) >= 11 is 0. The molecule has 2 aliphatic rings. The van der Waals surface area contributed by atoms with E-state index >= 15 is 0 Å². The Labute approximate surface area is 235 Å². The number of para-hydroxylation sites is 1. The third kappa shape index (κ3) is 5.54. The second kappa shape index (κ2) is 11.7. The van der Waals surface area contributed by atoms with Crippen LogP contribution >= 0.6 is 0 Å². The summed E-state index contributed by atoms with van der Waals surface area (Å²) in [5.41, 5.74) is 5.69. The van der Waals surface area contributed by atoms with Crippen LogP contribution in [0.4, 0.5) is 0 Å². The van der Waals surface area contributed by atoms with E-state index in [1.54, 1.807) is 0 Å². The molecule has 0 bridgehead atoms. The minimum Gasteiger partial charge on any atom is -0.465 e. The lowest BCUT2D eigenvalue weighted by Gasteiger charge is -2.36. The first-order valence-electron chi connectivity index (χ1n) is 14.5. The topological polar surface area (TPSA) is 63.6 Å². The summed E-state index contributed by atoms with van der Waals surface area (Å²) in [4.78, 5) is 28.7. The Kier molecular flexibility index (Phi) is 7.69. The van der Waals surface area contributed by atoms with Crippen molar-refractivity contribution in [3.63, 3.8) is 0 Å². The van der Waals surface area contributed by atoms with E-state index in [0.29, 0.717) is 19.7 Å². The summed E-state index contributed by atoms with van der Waals surface area (Å²) in [6.07, 6.45) is 5.05. The molecule has 1 aliphatic heterocycles. The summed E-state index contributed by atoms with van der Waals surface area (Å²) in [5.74, 6) is 0.0305. The molecule has 3 aromatic carbocycles. The average Bonchev–Trinajstić information content (AvgIpc) is 3.79. The van der Waals surface area contributed by atoms with Gasteiger partial charge in [0.1, 0.15) is 6.54 Å². The molecule has 0 radical (unpaired) electrons. The number of nitrogens with one attached hydrogen (secondary N) is 1. The number of ether oxygens (including phenoxy) is 1. The van der Waals surface area contributed by atoms with Gasteiger partial charge in [-0.15, -0.1) is 0 Å². The number of amides is 1. The lowest BCUT2D eigenvalue weighted by Crippen LogP contribution is -2.47. The number of nitrogens with zero attached hydrogens (tertiary/aromatic N) is 2. The van der Waals surface area contributed by atoms with Crippen molar-refractivity contribution >= 4 is 22.8 Å². The summed E-state index contributed by atoms with van der Waals surface area (Å²) in [6, 6.07) is 27.6. The lowest BCUT2D eigenvalue weighted by atomic mass is 9.79. The number of aromatic nitrogens is 1. The van der Waals surface area contributed by atoms with Crippen LogP contribution in [-0.4, -0.2) is 47.1 Å². The Morgan fingerprint density at radius 3 is 2.52 bits per heavy atom. The quantitative estimate of drug-likeness (QED) is 0.277. The highest BCUT2D eigenvalue weighted by molar-refractivity contribution is 5.87. The van der Waals surface area contributed by atoms with Gasteiger partial charge < -0.3 is 19.5 Å². The lowest BCUT2D eigenvalue weighted by molar-refractivity contribution is -0.143. The Morgan fingerprint density at radius 1 is 0.950 bits per heavy atom. The maximum absolute atomic E-state index is 14.3. The highest BCUT2D eigenvalue weighted by Crippen LogP contribution is 2.38. The fourth-order valence-electron chi connectivity index (χ4n) is 6.19. The second-order valence-corrected chi connectivity index (χ2v) is 11.0. The Balaban J connectivity index is 1.28.